The van der Waals surface area contributed by atoms with Crippen LogP contribution in [0.2, 0.25) is 0 Å². The molecule has 0 spiro atoms. The van der Waals surface area contributed by atoms with Gasteiger partial charge in [0, 0.05) is 9.37 Å². The molecule has 2 nitrogen and oxygen atoms in total. The summed E-state index contributed by atoms with van der Waals surface area (Å²) in [6, 6.07) is 13.1. The molecule has 2 aromatic rings. The Balaban J connectivity index is 2.15. The predicted octanol–water partition coefficient (Wildman–Crippen LogP) is 4.45. The van der Waals surface area contributed by atoms with Crippen LogP contribution in [-0.2, 0) is 6.42 Å². The van der Waals surface area contributed by atoms with Crippen LogP contribution in [0.15, 0.2) is 51.8 Å². The third-order valence-corrected chi connectivity index (χ3v) is 4.87. The van der Waals surface area contributed by atoms with Gasteiger partial charge in [-0.1, -0.05) is 41.1 Å². The average molecular weight is 369 g/mol. The molecule has 0 amide bonds. The predicted molar refractivity (Wildman–Crippen MR) is 90.7 cm³/mol. The third-order valence-electron chi connectivity index (χ3n) is 3.23. The fourth-order valence-electron chi connectivity index (χ4n) is 2.14. The first kappa shape index (κ1) is 16.5. The fourth-order valence-corrected chi connectivity index (χ4v) is 3.32. The Morgan fingerprint density at radius 1 is 1.24 bits per heavy atom. The lowest BCUT2D eigenvalue weighted by molar-refractivity contribution is 0.549. The van der Waals surface area contributed by atoms with E-state index in [9.17, 15) is 4.39 Å². The van der Waals surface area contributed by atoms with E-state index in [1.807, 2.05) is 11.8 Å². The third kappa shape index (κ3) is 4.54. The second-order valence-corrected chi connectivity index (χ2v) is 6.85. The summed E-state index contributed by atoms with van der Waals surface area (Å²) in [5, 5.41) is 0. The monoisotopic (exact) mass is 368 g/mol. The zero-order chi connectivity index (χ0) is 15.2. The Bertz CT molecular complexity index is 589. The summed E-state index contributed by atoms with van der Waals surface area (Å²) in [4.78, 5) is 1.25. The van der Waals surface area contributed by atoms with Crippen molar-refractivity contribution in [1.82, 2.24) is 5.43 Å². The summed E-state index contributed by atoms with van der Waals surface area (Å²) in [6.45, 7) is 2.13. The normalized spacial score (nSPS) is 12.4. The minimum absolute atomic E-state index is 0.00700. The molecule has 3 N–H and O–H groups in total. The van der Waals surface area contributed by atoms with Crippen molar-refractivity contribution in [3.63, 3.8) is 0 Å². The number of hydrazine groups is 1. The van der Waals surface area contributed by atoms with Crippen LogP contribution in [-0.4, -0.2) is 5.75 Å². The lowest BCUT2D eigenvalue weighted by atomic mass is 9.99. The highest BCUT2D eigenvalue weighted by Crippen LogP contribution is 2.26. The van der Waals surface area contributed by atoms with Gasteiger partial charge in [0.2, 0.25) is 0 Å². The number of hydrogen-bond acceptors (Lipinski definition) is 3. The van der Waals surface area contributed by atoms with Crippen molar-refractivity contribution in [2.24, 2.45) is 5.84 Å². The molecule has 2 aromatic carbocycles. The van der Waals surface area contributed by atoms with Gasteiger partial charge in [-0.05, 0) is 47.6 Å². The van der Waals surface area contributed by atoms with Crippen molar-refractivity contribution in [2.75, 3.05) is 5.75 Å². The Labute approximate surface area is 137 Å². The molecule has 0 aliphatic rings. The summed E-state index contributed by atoms with van der Waals surface area (Å²) in [6.07, 6.45) is 0.692. The Morgan fingerprint density at radius 2 is 1.95 bits per heavy atom. The first-order valence-electron chi connectivity index (χ1n) is 6.77. The number of nitrogens with one attached hydrogen (secondary N) is 1. The average Bonchev–Trinajstić information content (AvgIpc) is 2.48. The number of benzene rings is 2. The van der Waals surface area contributed by atoms with Crippen LogP contribution in [0.5, 0.6) is 0 Å². The summed E-state index contributed by atoms with van der Waals surface area (Å²) in [7, 11) is 0. The molecular formula is C16H18BrFN2S. The largest absolute Gasteiger partial charge is 0.271 e. The van der Waals surface area contributed by atoms with Crippen LogP contribution in [0, 0.1) is 5.82 Å². The lowest BCUT2D eigenvalue weighted by Crippen LogP contribution is -2.29. The zero-order valence-electron chi connectivity index (χ0n) is 11.8. The van der Waals surface area contributed by atoms with E-state index < -0.39 is 0 Å². The maximum atomic E-state index is 13.1. The minimum Gasteiger partial charge on any atom is -0.271 e. The van der Waals surface area contributed by atoms with Crippen LogP contribution in [0.3, 0.4) is 0 Å². The van der Waals surface area contributed by atoms with E-state index in [4.69, 9.17) is 5.84 Å². The molecule has 1 atom stereocenters. The van der Waals surface area contributed by atoms with Crippen molar-refractivity contribution in [3.05, 3.63) is 63.9 Å². The van der Waals surface area contributed by atoms with Gasteiger partial charge in [0.1, 0.15) is 5.82 Å². The molecule has 2 rings (SSSR count). The Hall–Kier alpha value is -0.880. The number of nitrogens with two attached hydrogens (primary N) is 1. The van der Waals surface area contributed by atoms with Crippen molar-refractivity contribution in [1.29, 1.82) is 0 Å². The van der Waals surface area contributed by atoms with Crippen LogP contribution in [0.25, 0.3) is 0 Å². The molecule has 0 radical (unpaired) electrons. The molecule has 1 unspecified atom stereocenters. The van der Waals surface area contributed by atoms with E-state index in [1.54, 1.807) is 6.07 Å². The van der Waals surface area contributed by atoms with Gasteiger partial charge < -0.3 is 0 Å². The lowest BCUT2D eigenvalue weighted by Gasteiger charge is -2.17. The molecule has 0 aliphatic heterocycles. The Morgan fingerprint density at radius 3 is 2.52 bits per heavy atom. The SMILES string of the molecule is CCSc1ccc(C(Cc2ccc(F)cc2Br)NN)cc1. The molecule has 0 aromatic heterocycles. The van der Waals surface area contributed by atoms with Crippen LogP contribution in [0.4, 0.5) is 4.39 Å². The molecule has 0 heterocycles. The smallest absolute Gasteiger partial charge is 0.124 e. The van der Waals surface area contributed by atoms with Gasteiger partial charge in [-0.15, -0.1) is 11.8 Å². The first-order chi connectivity index (χ1) is 10.1. The molecule has 0 saturated carbocycles. The van der Waals surface area contributed by atoms with Gasteiger partial charge in [0.15, 0.2) is 0 Å². The number of thioether (sulfide) groups is 1. The van der Waals surface area contributed by atoms with Gasteiger partial charge in [-0.25, -0.2) is 4.39 Å². The standard InChI is InChI=1S/C16H18BrFN2S/c1-2-21-14-7-4-11(5-8-14)16(20-19)9-12-3-6-13(18)10-15(12)17/h3-8,10,16,20H,2,9,19H2,1H3. The maximum Gasteiger partial charge on any atom is 0.124 e. The molecule has 0 saturated heterocycles. The first-order valence-corrected chi connectivity index (χ1v) is 8.54. The van der Waals surface area contributed by atoms with Gasteiger partial charge in [-0.3, -0.25) is 11.3 Å². The molecule has 0 aliphatic carbocycles. The Kier molecular flexibility index (Phi) is 6.23. The van der Waals surface area contributed by atoms with E-state index in [0.29, 0.717) is 6.42 Å². The molecule has 112 valence electrons. The fraction of sp³-hybridized carbons (Fsp3) is 0.250. The highest BCUT2D eigenvalue weighted by molar-refractivity contribution is 9.10. The van der Waals surface area contributed by atoms with Gasteiger partial charge in [-0.2, -0.15) is 0 Å². The summed E-state index contributed by atoms with van der Waals surface area (Å²) < 4.78 is 13.9. The number of hydrogen-bond donors (Lipinski definition) is 2. The van der Waals surface area contributed by atoms with Crippen LogP contribution >= 0.6 is 27.7 Å². The van der Waals surface area contributed by atoms with Crippen LogP contribution < -0.4 is 11.3 Å². The van der Waals surface area contributed by atoms with Gasteiger partial charge in [0.25, 0.3) is 0 Å². The molecule has 21 heavy (non-hydrogen) atoms. The summed E-state index contributed by atoms with van der Waals surface area (Å²) in [5.74, 6) is 6.49. The molecule has 0 fully saturated rings. The molecular weight excluding hydrogens is 351 g/mol. The zero-order valence-corrected chi connectivity index (χ0v) is 14.2. The molecule has 5 heteroatoms. The highest BCUT2D eigenvalue weighted by Gasteiger charge is 2.13. The van der Waals surface area contributed by atoms with Gasteiger partial charge >= 0.3 is 0 Å². The second kappa shape index (κ2) is 7.94. The van der Waals surface area contributed by atoms with Crippen molar-refractivity contribution in [2.45, 2.75) is 24.3 Å². The second-order valence-electron chi connectivity index (χ2n) is 4.66. The highest BCUT2D eigenvalue weighted by atomic mass is 79.9. The maximum absolute atomic E-state index is 13.1. The quantitative estimate of drug-likeness (QED) is 0.449. The van der Waals surface area contributed by atoms with E-state index in [2.05, 4.69) is 52.5 Å². The van der Waals surface area contributed by atoms with Gasteiger partial charge in [0.05, 0.1) is 6.04 Å². The minimum atomic E-state index is -0.246. The summed E-state index contributed by atoms with van der Waals surface area (Å²) in [5.41, 5.74) is 4.98. The summed E-state index contributed by atoms with van der Waals surface area (Å²) >= 11 is 5.21. The van der Waals surface area contributed by atoms with Crippen molar-refractivity contribution in [3.8, 4) is 0 Å². The van der Waals surface area contributed by atoms with E-state index in [1.165, 1.54) is 17.0 Å². The van der Waals surface area contributed by atoms with E-state index >= 15 is 0 Å². The topological polar surface area (TPSA) is 38.0 Å². The van der Waals surface area contributed by atoms with E-state index in [0.717, 1.165) is 21.4 Å². The van der Waals surface area contributed by atoms with Crippen LogP contribution in [0.1, 0.15) is 24.1 Å². The number of rotatable bonds is 6. The number of halogens is 2. The van der Waals surface area contributed by atoms with Crippen molar-refractivity contribution < 1.29 is 4.39 Å². The van der Waals surface area contributed by atoms with E-state index in [-0.39, 0.29) is 11.9 Å². The van der Waals surface area contributed by atoms with Crippen molar-refractivity contribution >= 4 is 27.7 Å². The molecule has 0 bridgehead atoms.